The first kappa shape index (κ1) is 16.0. The van der Waals surface area contributed by atoms with E-state index in [2.05, 4.69) is 20.8 Å². The predicted octanol–water partition coefficient (Wildman–Crippen LogP) is 4.78. The number of hydrogen-bond donors (Lipinski definition) is 1. The van der Waals surface area contributed by atoms with Gasteiger partial charge >= 0.3 is 0 Å². The highest BCUT2D eigenvalue weighted by Crippen LogP contribution is 2.19. The van der Waals surface area contributed by atoms with Gasteiger partial charge in [0.1, 0.15) is 0 Å². The molecule has 0 amide bonds. The number of aliphatic hydroxyl groups excluding tert-OH is 1. The Morgan fingerprint density at radius 3 is 2.00 bits per heavy atom. The van der Waals surface area contributed by atoms with E-state index in [0.29, 0.717) is 5.92 Å². The number of hydrogen-bond acceptors (Lipinski definition) is 1. The van der Waals surface area contributed by atoms with Crippen LogP contribution in [0.25, 0.3) is 0 Å². The van der Waals surface area contributed by atoms with Gasteiger partial charge in [-0.3, -0.25) is 0 Å². The van der Waals surface area contributed by atoms with Gasteiger partial charge in [-0.25, -0.2) is 0 Å². The Labute approximate surface area is 103 Å². The van der Waals surface area contributed by atoms with E-state index in [4.69, 9.17) is 0 Å². The van der Waals surface area contributed by atoms with E-state index in [1.54, 1.807) is 0 Å². The second kappa shape index (κ2) is 10.1. The highest BCUT2D eigenvalue weighted by Gasteiger charge is 2.09. The Kier molecular flexibility index (Phi) is 10.1. The second-order valence-corrected chi connectivity index (χ2v) is 5.60. The molecule has 0 saturated heterocycles. The van der Waals surface area contributed by atoms with Crippen LogP contribution >= 0.6 is 0 Å². The van der Waals surface area contributed by atoms with Crippen LogP contribution in [0.1, 0.15) is 79.1 Å². The third kappa shape index (κ3) is 9.21. The van der Waals surface area contributed by atoms with Gasteiger partial charge in [0.2, 0.25) is 0 Å². The Bertz CT molecular complexity index is 142. The minimum Gasteiger partial charge on any atom is -0.393 e. The Morgan fingerprint density at radius 1 is 0.812 bits per heavy atom. The van der Waals surface area contributed by atoms with E-state index in [-0.39, 0.29) is 6.10 Å². The summed E-state index contributed by atoms with van der Waals surface area (Å²) in [5, 5.41) is 9.39. The van der Waals surface area contributed by atoms with Gasteiger partial charge in [-0.1, -0.05) is 65.7 Å². The number of rotatable bonds is 10. The number of unbranched alkanes of at least 4 members (excludes halogenated alkanes) is 3. The molecule has 0 aromatic rings. The molecular formula is C15H32O. The molecule has 0 bridgehead atoms. The summed E-state index contributed by atoms with van der Waals surface area (Å²) in [6, 6.07) is 0. The first-order chi connectivity index (χ1) is 7.57. The maximum Gasteiger partial charge on any atom is 0.0537 e. The van der Waals surface area contributed by atoms with Gasteiger partial charge < -0.3 is 5.11 Å². The zero-order valence-corrected chi connectivity index (χ0v) is 11.8. The summed E-state index contributed by atoms with van der Waals surface area (Å²) in [7, 11) is 0. The summed E-state index contributed by atoms with van der Waals surface area (Å²) in [5.74, 6) is 1.34. The first-order valence-electron chi connectivity index (χ1n) is 7.26. The van der Waals surface area contributed by atoms with E-state index in [1.807, 2.05) is 6.92 Å². The molecule has 0 aliphatic rings. The summed E-state index contributed by atoms with van der Waals surface area (Å²) < 4.78 is 0. The molecule has 0 aromatic heterocycles. The molecule has 0 aromatic carbocycles. The quantitative estimate of drug-likeness (QED) is 0.533. The molecule has 0 saturated carbocycles. The summed E-state index contributed by atoms with van der Waals surface area (Å²) in [6.07, 6.45) is 10.6. The Morgan fingerprint density at radius 2 is 1.44 bits per heavy atom. The molecule has 0 heterocycles. The molecule has 0 aliphatic heterocycles. The van der Waals surface area contributed by atoms with Gasteiger partial charge in [0.25, 0.3) is 0 Å². The van der Waals surface area contributed by atoms with Crippen LogP contribution in [0.5, 0.6) is 0 Å². The van der Waals surface area contributed by atoms with Crippen LogP contribution in [-0.2, 0) is 0 Å². The highest BCUT2D eigenvalue weighted by atomic mass is 16.3. The van der Waals surface area contributed by atoms with E-state index in [1.165, 1.54) is 51.4 Å². The van der Waals surface area contributed by atoms with Gasteiger partial charge in [0.15, 0.2) is 0 Å². The van der Waals surface area contributed by atoms with Crippen LogP contribution in [0.15, 0.2) is 0 Å². The third-order valence-electron chi connectivity index (χ3n) is 3.73. The summed E-state index contributed by atoms with van der Waals surface area (Å²) in [6.45, 7) is 8.69. The largest absolute Gasteiger partial charge is 0.393 e. The van der Waals surface area contributed by atoms with Gasteiger partial charge in [-0.05, 0) is 25.2 Å². The first-order valence-corrected chi connectivity index (χ1v) is 7.26. The van der Waals surface area contributed by atoms with Crippen molar-refractivity contribution in [3.05, 3.63) is 0 Å². The summed E-state index contributed by atoms with van der Waals surface area (Å²) in [4.78, 5) is 0. The van der Waals surface area contributed by atoms with Crippen molar-refractivity contribution in [2.75, 3.05) is 0 Å². The average molecular weight is 228 g/mol. The van der Waals surface area contributed by atoms with E-state index in [9.17, 15) is 5.11 Å². The zero-order valence-electron chi connectivity index (χ0n) is 11.8. The van der Waals surface area contributed by atoms with Crippen LogP contribution in [0.2, 0.25) is 0 Å². The molecule has 16 heavy (non-hydrogen) atoms. The lowest BCUT2D eigenvalue weighted by atomic mass is 9.93. The molecule has 1 heteroatoms. The average Bonchev–Trinajstić information content (AvgIpc) is 2.24. The zero-order chi connectivity index (χ0) is 12.4. The van der Waals surface area contributed by atoms with Gasteiger partial charge in [0.05, 0.1) is 6.10 Å². The second-order valence-electron chi connectivity index (χ2n) is 5.60. The smallest absolute Gasteiger partial charge is 0.0537 e. The fraction of sp³-hybridized carbons (Fsp3) is 1.00. The summed E-state index contributed by atoms with van der Waals surface area (Å²) in [5.41, 5.74) is 0. The van der Waals surface area contributed by atoms with E-state index in [0.717, 1.165) is 5.92 Å². The highest BCUT2D eigenvalue weighted by molar-refractivity contribution is 4.61. The standard InChI is InChI=1S/C15H32O/c1-5-6-7-8-10-13(2)11-9-12-14(3)15(4)16/h13-16H,5-12H2,1-4H3/t13?,14?,15-/m0/s1. The van der Waals surface area contributed by atoms with Gasteiger partial charge in [0, 0.05) is 0 Å². The minimum atomic E-state index is -0.139. The predicted molar refractivity (Wildman–Crippen MR) is 72.6 cm³/mol. The lowest BCUT2D eigenvalue weighted by Crippen LogP contribution is -2.13. The minimum absolute atomic E-state index is 0.139. The SMILES string of the molecule is CCCCCCC(C)CCCC(C)[C@H](C)O. The normalized spacial score (nSPS) is 17.1. The van der Waals surface area contributed by atoms with Gasteiger partial charge in [-0.15, -0.1) is 0 Å². The third-order valence-corrected chi connectivity index (χ3v) is 3.73. The molecule has 0 fully saturated rings. The maximum atomic E-state index is 9.39. The molecule has 0 radical (unpaired) electrons. The molecule has 3 atom stereocenters. The van der Waals surface area contributed by atoms with Crippen LogP contribution in [-0.4, -0.2) is 11.2 Å². The van der Waals surface area contributed by atoms with Crippen LogP contribution in [0.3, 0.4) is 0 Å². The molecule has 0 aliphatic carbocycles. The molecule has 0 rings (SSSR count). The van der Waals surface area contributed by atoms with Crippen molar-refractivity contribution in [3.8, 4) is 0 Å². The van der Waals surface area contributed by atoms with Gasteiger partial charge in [-0.2, -0.15) is 0 Å². The number of aliphatic hydroxyl groups is 1. The lowest BCUT2D eigenvalue weighted by molar-refractivity contribution is 0.127. The monoisotopic (exact) mass is 228 g/mol. The van der Waals surface area contributed by atoms with Crippen molar-refractivity contribution in [1.29, 1.82) is 0 Å². The van der Waals surface area contributed by atoms with Crippen LogP contribution in [0.4, 0.5) is 0 Å². The molecular weight excluding hydrogens is 196 g/mol. The lowest BCUT2D eigenvalue weighted by Gasteiger charge is -2.16. The van der Waals surface area contributed by atoms with E-state index < -0.39 is 0 Å². The fourth-order valence-corrected chi connectivity index (χ4v) is 2.09. The van der Waals surface area contributed by atoms with Crippen molar-refractivity contribution < 1.29 is 5.11 Å². The van der Waals surface area contributed by atoms with Crippen molar-refractivity contribution in [3.63, 3.8) is 0 Å². The Balaban J connectivity index is 3.33. The van der Waals surface area contributed by atoms with Crippen molar-refractivity contribution >= 4 is 0 Å². The maximum absolute atomic E-state index is 9.39. The molecule has 98 valence electrons. The topological polar surface area (TPSA) is 20.2 Å². The van der Waals surface area contributed by atoms with Crippen LogP contribution < -0.4 is 0 Å². The van der Waals surface area contributed by atoms with Crippen LogP contribution in [0, 0.1) is 11.8 Å². The Hall–Kier alpha value is -0.0400. The van der Waals surface area contributed by atoms with Crippen molar-refractivity contribution in [2.45, 2.75) is 85.2 Å². The van der Waals surface area contributed by atoms with Crippen molar-refractivity contribution in [1.82, 2.24) is 0 Å². The van der Waals surface area contributed by atoms with E-state index >= 15 is 0 Å². The fourth-order valence-electron chi connectivity index (χ4n) is 2.09. The van der Waals surface area contributed by atoms with Crippen molar-refractivity contribution in [2.24, 2.45) is 11.8 Å². The molecule has 0 spiro atoms. The summed E-state index contributed by atoms with van der Waals surface area (Å²) >= 11 is 0. The molecule has 1 nitrogen and oxygen atoms in total. The molecule has 1 N–H and O–H groups in total. The molecule has 2 unspecified atom stereocenters.